The Morgan fingerprint density at radius 2 is 2.19 bits per heavy atom. The fourth-order valence-corrected chi connectivity index (χ4v) is 3.56. The van der Waals surface area contributed by atoms with Gasteiger partial charge in [0.25, 0.3) is 5.91 Å². The predicted octanol–water partition coefficient (Wildman–Crippen LogP) is 2.54. The Bertz CT molecular complexity index is 1040. The third kappa shape index (κ3) is 2.88. The van der Waals surface area contributed by atoms with Gasteiger partial charge >= 0.3 is 0 Å². The number of ether oxygens (including phenoxy) is 1. The molecule has 2 heterocycles. The number of fused-ring (bicyclic) bond motifs is 3. The smallest absolute Gasteiger partial charge is 0.276 e. The number of nitrogen functional groups attached to an aromatic ring is 1. The molecule has 0 saturated carbocycles. The lowest BCUT2D eigenvalue weighted by Gasteiger charge is -2.31. The second kappa shape index (κ2) is 6.08. The van der Waals surface area contributed by atoms with E-state index in [1.807, 2.05) is 12.1 Å². The minimum absolute atomic E-state index is 0.191. The van der Waals surface area contributed by atoms with E-state index in [-0.39, 0.29) is 17.3 Å². The van der Waals surface area contributed by atoms with Gasteiger partial charge in [0.1, 0.15) is 5.75 Å². The third-order valence-corrected chi connectivity index (χ3v) is 4.74. The molecule has 1 aromatic carbocycles. The van der Waals surface area contributed by atoms with Crippen molar-refractivity contribution in [2.24, 2.45) is 0 Å². The molecule has 0 bridgehead atoms. The van der Waals surface area contributed by atoms with Crippen molar-refractivity contribution in [1.82, 2.24) is 20.2 Å². The topological polar surface area (TPSA) is 119 Å². The van der Waals surface area contributed by atoms with Crippen LogP contribution in [-0.2, 0) is 11.8 Å². The van der Waals surface area contributed by atoms with Crippen molar-refractivity contribution in [1.29, 1.82) is 0 Å². The Balaban J connectivity index is 1.75. The van der Waals surface area contributed by atoms with Gasteiger partial charge in [0.05, 0.1) is 18.5 Å². The van der Waals surface area contributed by atoms with Gasteiger partial charge in [0, 0.05) is 23.5 Å². The minimum Gasteiger partial charge on any atom is -0.497 e. The molecule has 0 atom stereocenters. The molecule has 0 saturated heterocycles. The number of rotatable bonds is 3. The van der Waals surface area contributed by atoms with Crippen LogP contribution in [0.5, 0.6) is 5.75 Å². The van der Waals surface area contributed by atoms with Gasteiger partial charge in [0.2, 0.25) is 5.95 Å². The zero-order valence-corrected chi connectivity index (χ0v) is 15.3. The summed E-state index contributed by atoms with van der Waals surface area (Å²) in [5.41, 5.74) is 9.65. The van der Waals surface area contributed by atoms with E-state index in [9.17, 15) is 4.79 Å². The quantitative estimate of drug-likeness (QED) is 0.657. The molecule has 4 rings (SSSR count). The van der Waals surface area contributed by atoms with Crippen LogP contribution < -0.4 is 15.8 Å². The number of benzene rings is 1. The molecule has 3 aromatic rings. The maximum Gasteiger partial charge on any atom is 0.276 e. The molecule has 8 heteroatoms. The largest absolute Gasteiger partial charge is 0.497 e. The van der Waals surface area contributed by atoms with Crippen LogP contribution in [0.4, 0.5) is 11.6 Å². The van der Waals surface area contributed by atoms with E-state index >= 15 is 0 Å². The molecule has 0 radical (unpaired) electrons. The molecule has 8 nitrogen and oxygen atoms in total. The van der Waals surface area contributed by atoms with E-state index in [0.29, 0.717) is 34.9 Å². The summed E-state index contributed by atoms with van der Waals surface area (Å²) < 4.78 is 5.20. The Morgan fingerprint density at radius 3 is 2.96 bits per heavy atom. The first-order chi connectivity index (χ1) is 12.9. The van der Waals surface area contributed by atoms with Crippen LogP contribution in [-0.4, -0.2) is 33.2 Å². The Hall–Kier alpha value is -3.42. The van der Waals surface area contributed by atoms with Crippen molar-refractivity contribution < 1.29 is 9.53 Å². The molecule has 0 aliphatic heterocycles. The molecule has 1 aliphatic carbocycles. The molecule has 138 valence electrons. The molecule has 0 fully saturated rings. The van der Waals surface area contributed by atoms with Gasteiger partial charge in [-0.3, -0.25) is 9.89 Å². The van der Waals surface area contributed by atoms with Crippen molar-refractivity contribution in [3.8, 4) is 17.1 Å². The lowest BCUT2D eigenvalue weighted by Crippen LogP contribution is -2.29. The van der Waals surface area contributed by atoms with Gasteiger partial charge in [-0.1, -0.05) is 19.9 Å². The number of methoxy groups -OCH3 is 1. The number of hydrogen-bond donors (Lipinski definition) is 3. The van der Waals surface area contributed by atoms with Crippen LogP contribution in [0.1, 0.15) is 35.5 Å². The van der Waals surface area contributed by atoms with Crippen molar-refractivity contribution >= 4 is 17.5 Å². The number of carbonyl (C=O) groups is 1. The summed E-state index contributed by atoms with van der Waals surface area (Å²) >= 11 is 0. The maximum atomic E-state index is 12.9. The summed E-state index contributed by atoms with van der Waals surface area (Å²) in [6.45, 7) is 4.14. The van der Waals surface area contributed by atoms with Crippen LogP contribution in [0.15, 0.2) is 30.5 Å². The fraction of sp³-hybridized carbons (Fsp3) is 0.263. The first kappa shape index (κ1) is 17.0. The number of H-pyrrole nitrogens is 1. The van der Waals surface area contributed by atoms with Crippen LogP contribution in [0, 0.1) is 0 Å². The summed E-state index contributed by atoms with van der Waals surface area (Å²) in [6.07, 6.45) is 2.42. The highest BCUT2D eigenvalue weighted by Gasteiger charge is 2.38. The second-order valence-corrected chi connectivity index (χ2v) is 7.17. The van der Waals surface area contributed by atoms with E-state index in [0.717, 1.165) is 11.1 Å². The average Bonchev–Trinajstić information content (AvgIpc) is 3.09. The van der Waals surface area contributed by atoms with E-state index in [1.54, 1.807) is 25.4 Å². The SMILES string of the molecule is COc1cccc(NC(=O)c2n[nH]c3c2C(C)(C)Cc2cnc(N)nc2-3)c1. The number of aromatic nitrogens is 4. The Morgan fingerprint density at radius 1 is 1.37 bits per heavy atom. The number of hydrogen-bond acceptors (Lipinski definition) is 6. The molecular weight excluding hydrogens is 344 g/mol. The highest BCUT2D eigenvalue weighted by Crippen LogP contribution is 2.42. The van der Waals surface area contributed by atoms with Gasteiger partial charge < -0.3 is 15.8 Å². The lowest BCUT2D eigenvalue weighted by atomic mass is 9.73. The summed E-state index contributed by atoms with van der Waals surface area (Å²) in [6, 6.07) is 7.18. The van der Waals surface area contributed by atoms with Crippen molar-refractivity contribution in [3.05, 3.63) is 47.3 Å². The second-order valence-electron chi connectivity index (χ2n) is 7.17. The van der Waals surface area contributed by atoms with E-state index in [4.69, 9.17) is 10.5 Å². The van der Waals surface area contributed by atoms with Crippen LogP contribution in [0.2, 0.25) is 0 Å². The monoisotopic (exact) mass is 364 g/mol. The number of anilines is 2. The molecule has 0 unspecified atom stereocenters. The van der Waals surface area contributed by atoms with Crippen molar-refractivity contribution in [2.75, 3.05) is 18.2 Å². The molecule has 0 spiro atoms. The van der Waals surface area contributed by atoms with Crippen molar-refractivity contribution in [3.63, 3.8) is 0 Å². The molecular formula is C19H20N6O2. The lowest BCUT2D eigenvalue weighted by molar-refractivity contribution is 0.102. The van der Waals surface area contributed by atoms with Gasteiger partial charge in [-0.15, -0.1) is 0 Å². The van der Waals surface area contributed by atoms with E-state index in [1.165, 1.54) is 0 Å². The van der Waals surface area contributed by atoms with E-state index < -0.39 is 0 Å². The summed E-state index contributed by atoms with van der Waals surface area (Å²) in [5, 5.41) is 10.1. The average molecular weight is 364 g/mol. The number of carbonyl (C=O) groups excluding carboxylic acids is 1. The number of nitrogens with zero attached hydrogens (tertiary/aromatic N) is 3. The van der Waals surface area contributed by atoms with E-state index in [2.05, 4.69) is 39.3 Å². The molecule has 2 aromatic heterocycles. The number of amides is 1. The highest BCUT2D eigenvalue weighted by molar-refractivity contribution is 6.05. The summed E-state index contributed by atoms with van der Waals surface area (Å²) in [4.78, 5) is 21.4. The van der Waals surface area contributed by atoms with Gasteiger partial charge in [0.15, 0.2) is 5.69 Å². The van der Waals surface area contributed by atoms with Gasteiger partial charge in [-0.25, -0.2) is 9.97 Å². The number of nitrogens with one attached hydrogen (secondary N) is 2. The highest BCUT2D eigenvalue weighted by atomic mass is 16.5. The molecule has 1 amide bonds. The van der Waals surface area contributed by atoms with Gasteiger partial charge in [-0.2, -0.15) is 5.10 Å². The fourth-order valence-electron chi connectivity index (χ4n) is 3.56. The third-order valence-electron chi connectivity index (χ3n) is 4.74. The van der Waals surface area contributed by atoms with Gasteiger partial charge in [-0.05, 0) is 29.5 Å². The zero-order valence-electron chi connectivity index (χ0n) is 15.3. The van der Waals surface area contributed by atoms with Crippen LogP contribution >= 0.6 is 0 Å². The Labute approximate surface area is 156 Å². The Kier molecular flexibility index (Phi) is 3.83. The minimum atomic E-state index is -0.310. The molecule has 27 heavy (non-hydrogen) atoms. The van der Waals surface area contributed by atoms with Crippen molar-refractivity contribution in [2.45, 2.75) is 25.7 Å². The molecule has 4 N–H and O–H groups in total. The first-order valence-electron chi connectivity index (χ1n) is 8.55. The predicted molar refractivity (Wildman–Crippen MR) is 102 cm³/mol. The van der Waals surface area contributed by atoms with Crippen LogP contribution in [0.3, 0.4) is 0 Å². The van der Waals surface area contributed by atoms with Crippen LogP contribution in [0.25, 0.3) is 11.4 Å². The normalized spacial score (nSPS) is 14.2. The maximum absolute atomic E-state index is 12.9. The number of aromatic amines is 1. The number of nitrogens with two attached hydrogens (primary N) is 1. The standard InChI is InChI=1S/C19H20N6O2/c1-19(2)8-10-9-21-18(20)23-14(10)15-13(19)16(25-24-15)17(26)22-11-5-4-6-12(7-11)27-3/h4-7,9H,8H2,1-3H3,(H,22,26)(H,24,25)(H2,20,21,23). The summed E-state index contributed by atoms with van der Waals surface area (Å²) in [5.74, 6) is 0.564. The first-order valence-corrected chi connectivity index (χ1v) is 8.55. The zero-order chi connectivity index (χ0) is 19.2. The molecule has 1 aliphatic rings. The summed E-state index contributed by atoms with van der Waals surface area (Å²) in [7, 11) is 1.58.